The second-order valence-corrected chi connectivity index (χ2v) is 9.69. The molecule has 4 bridgehead atoms. The lowest BCUT2D eigenvalue weighted by molar-refractivity contribution is -0.131. The first-order chi connectivity index (χ1) is 11.5. The van der Waals surface area contributed by atoms with E-state index >= 15 is 0 Å². The highest BCUT2D eigenvalue weighted by atomic mass is 16.2. The summed E-state index contributed by atoms with van der Waals surface area (Å²) in [6.45, 7) is 2.89. The highest BCUT2D eigenvalue weighted by Gasteiger charge is 2.53. The third kappa shape index (κ3) is 2.40. The molecule has 1 aliphatic heterocycles. The van der Waals surface area contributed by atoms with E-state index in [1.807, 2.05) is 4.90 Å². The van der Waals surface area contributed by atoms with Crippen molar-refractivity contribution in [1.82, 2.24) is 10.2 Å². The predicted octanol–water partition coefficient (Wildman–Crippen LogP) is 2.72. The number of amides is 2. The lowest BCUT2D eigenvalue weighted by atomic mass is 9.48. The van der Waals surface area contributed by atoms with Crippen LogP contribution >= 0.6 is 0 Å². The maximum absolute atomic E-state index is 12.8. The number of likely N-dealkylation sites (tertiary alicyclic amines) is 1. The van der Waals surface area contributed by atoms with E-state index in [0.717, 1.165) is 30.6 Å². The molecule has 1 saturated heterocycles. The summed E-state index contributed by atoms with van der Waals surface area (Å²) in [4.78, 5) is 26.9. The summed E-state index contributed by atoms with van der Waals surface area (Å²) in [7, 11) is 0. The normalized spacial score (nSPS) is 44.9. The molecule has 0 spiro atoms. The molecule has 0 aromatic heterocycles. The molecular formula is C20H30N2O2. The monoisotopic (exact) mass is 330 g/mol. The van der Waals surface area contributed by atoms with Crippen LogP contribution in [0.5, 0.6) is 0 Å². The van der Waals surface area contributed by atoms with Gasteiger partial charge in [-0.05, 0) is 81.5 Å². The molecule has 4 heteroatoms. The van der Waals surface area contributed by atoms with Gasteiger partial charge in [0.25, 0.3) is 0 Å². The fraction of sp³-hybridized carbons (Fsp3) is 0.900. The van der Waals surface area contributed by atoms with Gasteiger partial charge in [0.2, 0.25) is 11.8 Å². The molecule has 1 heterocycles. The highest BCUT2D eigenvalue weighted by Crippen LogP contribution is 2.61. The minimum atomic E-state index is -0.116. The Morgan fingerprint density at radius 3 is 2.25 bits per heavy atom. The fourth-order valence-corrected chi connectivity index (χ4v) is 6.84. The Kier molecular flexibility index (Phi) is 3.31. The average Bonchev–Trinajstić information content (AvgIpc) is 3.28. The third-order valence-electron chi connectivity index (χ3n) is 7.88. The van der Waals surface area contributed by atoms with Crippen molar-refractivity contribution in [1.29, 1.82) is 0 Å². The molecule has 1 N–H and O–H groups in total. The Labute approximate surface area is 144 Å². The number of hydrogen-bond donors (Lipinski definition) is 1. The van der Waals surface area contributed by atoms with Gasteiger partial charge in [0.05, 0.1) is 5.92 Å². The molecule has 0 aromatic carbocycles. The predicted molar refractivity (Wildman–Crippen MR) is 91.1 cm³/mol. The first kappa shape index (κ1) is 15.2. The topological polar surface area (TPSA) is 49.4 Å². The molecule has 6 aliphatic rings. The van der Waals surface area contributed by atoms with Crippen molar-refractivity contribution in [3.63, 3.8) is 0 Å². The van der Waals surface area contributed by atoms with Crippen LogP contribution in [0, 0.1) is 29.1 Å². The van der Waals surface area contributed by atoms with Crippen molar-refractivity contribution in [3.05, 3.63) is 0 Å². The van der Waals surface area contributed by atoms with E-state index in [0.29, 0.717) is 24.4 Å². The first-order valence-corrected chi connectivity index (χ1v) is 10.1. The zero-order valence-corrected chi connectivity index (χ0v) is 14.8. The number of carbonyl (C=O) groups excluding carboxylic acids is 2. The molecule has 24 heavy (non-hydrogen) atoms. The van der Waals surface area contributed by atoms with Crippen molar-refractivity contribution in [2.45, 2.75) is 76.8 Å². The van der Waals surface area contributed by atoms with Gasteiger partial charge in [-0.2, -0.15) is 0 Å². The van der Waals surface area contributed by atoms with E-state index < -0.39 is 0 Å². The van der Waals surface area contributed by atoms with Crippen LogP contribution in [-0.4, -0.2) is 35.3 Å². The van der Waals surface area contributed by atoms with Gasteiger partial charge >= 0.3 is 0 Å². The molecule has 0 aromatic rings. The van der Waals surface area contributed by atoms with Gasteiger partial charge in [-0.25, -0.2) is 0 Å². The second-order valence-electron chi connectivity index (χ2n) is 9.69. The summed E-state index contributed by atoms with van der Waals surface area (Å²) < 4.78 is 0. The van der Waals surface area contributed by atoms with Gasteiger partial charge in [-0.1, -0.05) is 0 Å². The van der Waals surface area contributed by atoms with Crippen LogP contribution in [0.3, 0.4) is 0 Å². The SMILES string of the molecule is C[C@H](NC(=O)[C@@H]1CC(=O)N(C2CC2)C1)C12CC3CC(CC(C3)C1)C2. The summed E-state index contributed by atoms with van der Waals surface area (Å²) in [5.74, 6) is 2.95. The summed E-state index contributed by atoms with van der Waals surface area (Å²) in [5, 5.41) is 3.36. The molecule has 132 valence electrons. The van der Waals surface area contributed by atoms with Crippen LogP contribution in [0.15, 0.2) is 0 Å². The minimum absolute atomic E-state index is 0.116. The van der Waals surface area contributed by atoms with E-state index in [9.17, 15) is 9.59 Å². The second kappa shape index (κ2) is 5.22. The standard InChI is InChI=1S/C20H30N2O2/c1-12(20-8-13-4-14(9-20)6-15(5-13)10-20)21-19(24)16-7-18(23)22(11-16)17-2-3-17/h12-17H,2-11H2,1H3,(H,21,24)/t12-,13?,14?,15?,16+,20?/m0/s1. The van der Waals surface area contributed by atoms with Gasteiger partial charge in [0.1, 0.15) is 0 Å². The Bertz CT molecular complexity index is 533. The van der Waals surface area contributed by atoms with E-state index in [4.69, 9.17) is 0 Å². The van der Waals surface area contributed by atoms with Gasteiger partial charge < -0.3 is 10.2 Å². The zero-order chi connectivity index (χ0) is 16.5. The van der Waals surface area contributed by atoms with E-state index in [1.165, 1.54) is 38.5 Å². The number of rotatable bonds is 4. The minimum Gasteiger partial charge on any atom is -0.353 e. The molecule has 5 aliphatic carbocycles. The molecule has 2 amide bonds. The average molecular weight is 330 g/mol. The fourth-order valence-electron chi connectivity index (χ4n) is 6.84. The van der Waals surface area contributed by atoms with Crippen molar-refractivity contribution in [2.24, 2.45) is 29.1 Å². The number of carbonyl (C=O) groups is 2. The molecule has 5 saturated carbocycles. The van der Waals surface area contributed by atoms with Crippen molar-refractivity contribution >= 4 is 11.8 Å². The largest absolute Gasteiger partial charge is 0.353 e. The van der Waals surface area contributed by atoms with Crippen LogP contribution in [0.4, 0.5) is 0 Å². The van der Waals surface area contributed by atoms with Gasteiger partial charge in [0.15, 0.2) is 0 Å². The molecule has 4 nitrogen and oxygen atoms in total. The first-order valence-electron chi connectivity index (χ1n) is 10.1. The van der Waals surface area contributed by atoms with Crippen LogP contribution in [0.1, 0.15) is 64.7 Å². The van der Waals surface area contributed by atoms with Crippen LogP contribution < -0.4 is 5.32 Å². The van der Waals surface area contributed by atoms with Crippen molar-refractivity contribution < 1.29 is 9.59 Å². The van der Waals surface area contributed by atoms with E-state index in [-0.39, 0.29) is 23.8 Å². The highest BCUT2D eigenvalue weighted by molar-refractivity contribution is 5.89. The van der Waals surface area contributed by atoms with Crippen LogP contribution in [-0.2, 0) is 9.59 Å². The maximum Gasteiger partial charge on any atom is 0.225 e. The lowest BCUT2D eigenvalue weighted by Gasteiger charge is -2.59. The van der Waals surface area contributed by atoms with Crippen LogP contribution in [0.25, 0.3) is 0 Å². The number of hydrogen-bond acceptors (Lipinski definition) is 2. The quantitative estimate of drug-likeness (QED) is 0.861. The summed E-state index contributed by atoms with van der Waals surface area (Å²) in [6.07, 6.45) is 11.0. The Balaban J connectivity index is 1.24. The van der Waals surface area contributed by atoms with Gasteiger partial charge in [-0.15, -0.1) is 0 Å². The Hall–Kier alpha value is -1.06. The van der Waals surface area contributed by atoms with Crippen LogP contribution in [0.2, 0.25) is 0 Å². The molecule has 0 radical (unpaired) electrons. The Morgan fingerprint density at radius 1 is 1.12 bits per heavy atom. The summed E-state index contributed by atoms with van der Waals surface area (Å²) in [6, 6.07) is 0.708. The molecule has 0 unspecified atom stereocenters. The number of nitrogens with zero attached hydrogens (tertiary/aromatic N) is 1. The van der Waals surface area contributed by atoms with Crippen molar-refractivity contribution in [3.8, 4) is 0 Å². The third-order valence-corrected chi connectivity index (χ3v) is 7.88. The molecular weight excluding hydrogens is 300 g/mol. The molecule has 6 rings (SSSR count). The van der Waals surface area contributed by atoms with E-state index in [2.05, 4.69) is 12.2 Å². The molecule has 2 atom stereocenters. The van der Waals surface area contributed by atoms with Gasteiger partial charge in [0, 0.05) is 25.0 Å². The smallest absolute Gasteiger partial charge is 0.225 e. The summed E-state index contributed by atoms with van der Waals surface area (Å²) in [5.41, 5.74) is 0.350. The van der Waals surface area contributed by atoms with Crippen molar-refractivity contribution in [2.75, 3.05) is 6.54 Å². The zero-order valence-electron chi connectivity index (χ0n) is 14.8. The summed E-state index contributed by atoms with van der Waals surface area (Å²) >= 11 is 0. The molecule has 6 fully saturated rings. The van der Waals surface area contributed by atoms with E-state index in [1.54, 1.807) is 0 Å². The number of nitrogens with one attached hydrogen (secondary N) is 1. The van der Waals surface area contributed by atoms with Gasteiger partial charge in [-0.3, -0.25) is 9.59 Å². The maximum atomic E-state index is 12.8. The lowest BCUT2D eigenvalue weighted by Crippen LogP contribution is -2.56. The Morgan fingerprint density at radius 2 is 1.71 bits per heavy atom.